The zero-order valence-electron chi connectivity index (χ0n) is 11.3. The molecular weight excluding hydrogens is 270 g/mol. The summed E-state index contributed by atoms with van der Waals surface area (Å²) in [6.07, 6.45) is 2.95. The fourth-order valence-corrected chi connectivity index (χ4v) is 1.68. The molecule has 0 radical (unpaired) electrons. The summed E-state index contributed by atoms with van der Waals surface area (Å²) in [5, 5.41) is 13.5. The lowest BCUT2D eigenvalue weighted by Crippen LogP contribution is -2.33. The maximum absolute atomic E-state index is 11.9. The highest BCUT2D eigenvalue weighted by Gasteiger charge is 2.17. The van der Waals surface area contributed by atoms with Crippen LogP contribution in [0.15, 0.2) is 6.20 Å². The number of hydrogen-bond donors (Lipinski definition) is 1. The van der Waals surface area contributed by atoms with Crippen molar-refractivity contribution < 1.29 is 14.6 Å². The third-order valence-corrected chi connectivity index (χ3v) is 3.14. The number of carbonyl (C=O) groups is 1. The topological polar surface area (TPSA) is 67.6 Å². The van der Waals surface area contributed by atoms with Gasteiger partial charge in [-0.2, -0.15) is 5.10 Å². The molecule has 0 spiro atoms. The average Bonchev–Trinajstić information content (AvgIpc) is 2.70. The number of carbonyl (C=O) groups excluding carboxylic acids is 1. The highest BCUT2D eigenvalue weighted by molar-refractivity contribution is 6.30. The Labute approximate surface area is 117 Å². The number of rotatable bonds is 7. The molecule has 0 aliphatic heterocycles. The maximum Gasteiger partial charge on any atom is 0.410 e. The van der Waals surface area contributed by atoms with Gasteiger partial charge in [0, 0.05) is 19.2 Å². The van der Waals surface area contributed by atoms with Crippen molar-refractivity contribution in [1.82, 2.24) is 14.7 Å². The largest absolute Gasteiger partial charge is 0.449 e. The molecule has 0 atom stereocenters. The predicted octanol–water partition coefficient (Wildman–Crippen LogP) is 1.80. The van der Waals surface area contributed by atoms with Crippen LogP contribution in [0.2, 0.25) is 5.15 Å². The molecule has 0 fully saturated rings. The summed E-state index contributed by atoms with van der Waals surface area (Å²) in [6.45, 7) is 2.77. The van der Waals surface area contributed by atoms with Crippen LogP contribution in [0, 0.1) is 0 Å². The van der Waals surface area contributed by atoms with Gasteiger partial charge in [0.25, 0.3) is 0 Å². The average molecular weight is 290 g/mol. The number of hydrogen-bond acceptors (Lipinski definition) is 4. The molecule has 0 saturated heterocycles. The molecule has 0 aliphatic carbocycles. The van der Waals surface area contributed by atoms with E-state index in [1.807, 2.05) is 6.92 Å². The standard InChI is InChI=1S/C12H20ClN3O3/c1-3-4-7-19-12(18)16(5-6-17)9-10-8-14-15(2)11(10)13/h8,17H,3-7,9H2,1-2H3. The fraction of sp³-hybridized carbons (Fsp3) is 0.667. The zero-order chi connectivity index (χ0) is 14.3. The molecular formula is C12H20ClN3O3. The summed E-state index contributed by atoms with van der Waals surface area (Å²) in [5.41, 5.74) is 0.727. The van der Waals surface area contributed by atoms with Crippen LogP contribution in [0.5, 0.6) is 0 Å². The van der Waals surface area contributed by atoms with Crippen LogP contribution in [0.25, 0.3) is 0 Å². The highest BCUT2D eigenvalue weighted by Crippen LogP contribution is 2.16. The van der Waals surface area contributed by atoms with Gasteiger partial charge in [-0.25, -0.2) is 4.79 Å². The SMILES string of the molecule is CCCCOC(=O)N(CCO)Cc1cnn(C)c1Cl. The van der Waals surface area contributed by atoms with Gasteiger partial charge in [0.05, 0.1) is 26.0 Å². The monoisotopic (exact) mass is 289 g/mol. The lowest BCUT2D eigenvalue weighted by molar-refractivity contribution is 0.0903. The Kier molecular flexibility index (Phi) is 6.66. The van der Waals surface area contributed by atoms with Gasteiger partial charge in [0.2, 0.25) is 0 Å². The Morgan fingerprint density at radius 3 is 2.89 bits per heavy atom. The van der Waals surface area contributed by atoms with E-state index in [0.717, 1.165) is 18.4 Å². The fourth-order valence-electron chi connectivity index (χ4n) is 1.53. The summed E-state index contributed by atoms with van der Waals surface area (Å²) in [4.78, 5) is 13.3. The molecule has 0 aromatic carbocycles. The normalized spacial score (nSPS) is 10.5. The minimum Gasteiger partial charge on any atom is -0.449 e. The van der Waals surface area contributed by atoms with Gasteiger partial charge in [0.15, 0.2) is 0 Å². The Morgan fingerprint density at radius 1 is 1.63 bits per heavy atom. The van der Waals surface area contributed by atoms with Gasteiger partial charge in [-0.05, 0) is 6.42 Å². The second-order valence-electron chi connectivity index (χ2n) is 4.20. The Hall–Kier alpha value is -1.27. The van der Waals surface area contributed by atoms with Crippen LogP contribution in [0.1, 0.15) is 25.3 Å². The molecule has 1 N–H and O–H groups in total. The predicted molar refractivity (Wildman–Crippen MR) is 72.0 cm³/mol. The van der Waals surface area contributed by atoms with Crippen LogP contribution >= 0.6 is 11.6 Å². The van der Waals surface area contributed by atoms with Crippen molar-refractivity contribution in [1.29, 1.82) is 0 Å². The molecule has 7 heteroatoms. The number of aliphatic hydroxyl groups excluding tert-OH is 1. The van der Waals surface area contributed by atoms with Crippen LogP contribution in [-0.4, -0.2) is 45.6 Å². The molecule has 0 saturated carbocycles. The molecule has 19 heavy (non-hydrogen) atoms. The molecule has 1 aromatic heterocycles. The first-order valence-corrected chi connectivity index (χ1v) is 6.66. The number of aliphatic hydroxyl groups is 1. The van der Waals surface area contributed by atoms with E-state index in [1.54, 1.807) is 13.2 Å². The number of aryl methyl sites for hydroxylation is 1. The third-order valence-electron chi connectivity index (χ3n) is 2.65. The van der Waals surface area contributed by atoms with Crippen molar-refractivity contribution in [3.63, 3.8) is 0 Å². The number of amides is 1. The van der Waals surface area contributed by atoms with Crippen LogP contribution in [-0.2, 0) is 18.3 Å². The van der Waals surface area contributed by atoms with E-state index in [9.17, 15) is 4.79 Å². The smallest absolute Gasteiger partial charge is 0.410 e. The first-order valence-electron chi connectivity index (χ1n) is 6.29. The van der Waals surface area contributed by atoms with Gasteiger partial charge in [-0.3, -0.25) is 4.68 Å². The quantitative estimate of drug-likeness (QED) is 0.777. The number of ether oxygens (including phenoxy) is 1. The minimum absolute atomic E-state index is 0.124. The summed E-state index contributed by atoms with van der Waals surface area (Å²) in [7, 11) is 1.72. The Bertz CT molecular complexity index is 409. The number of aromatic nitrogens is 2. The lowest BCUT2D eigenvalue weighted by Gasteiger charge is -2.20. The van der Waals surface area contributed by atoms with Crippen LogP contribution < -0.4 is 0 Å². The maximum atomic E-state index is 11.9. The van der Waals surface area contributed by atoms with E-state index in [0.29, 0.717) is 11.8 Å². The van der Waals surface area contributed by atoms with E-state index in [2.05, 4.69) is 5.10 Å². The summed E-state index contributed by atoms with van der Waals surface area (Å²) in [5.74, 6) is 0. The molecule has 1 heterocycles. The Morgan fingerprint density at radius 2 is 2.37 bits per heavy atom. The zero-order valence-corrected chi connectivity index (χ0v) is 12.1. The van der Waals surface area contributed by atoms with E-state index in [4.69, 9.17) is 21.4 Å². The summed E-state index contributed by atoms with van der Waals surface area (Å²) < 4.78 is 6.65. The van der Waals surface area contributed by atoms with Crippen LogP contribution in [0.4, 0.5) is 4.79 Å². The summed E-state index contributed by atoms with van der Waals surface area (Å²) in [6, 6.07) is 0. The molecule has 0 aliphatic rings. The highest BCUT2D eigenvalue weighted by atomic mass is 35.5. The van der Waals surface area contributed by atoms with Crippen LogP contribution in [0.3, 0.4) is 0 Å². The number of nitrogens with zero attached hydrogens (tertiary/aromatic N) is 3. The molecule has 1 amide bonds. The number of halogens is 1. The van der Waals surface area contributed by atoms with Crippen molar-refractivity contribution in [2.45, 2.75) is 26.3 Å². The lowest BCUT2D eigenvalue weighted by atomic mass is 10.3. The second-order valence-corrected chi connectivity index (χ2v) is 4.56. The molecule has 1 rings (SSSR count). The third kappa shape index (κ3) is 4.72. The molecule has 0 unspecified atom stereocenters. The molecule has 108 valence electrons. The summed E-state index contributed by atoms with van der Waals surface area (Å²) >= 11 is 6.04. The first-order chi connectivity index (χ1) is 9.10. The van der Waals surface area contributed by atoms with Gasteiger partial charge >= 0.3 is 6.09 Å². The van der Waals surface area contributed by atoms with Crippen molar-refractivity contribution in [3.05, 3.63) is 16.9 Å². The van der Waals surface area contributed by atoms with Gasteiger partial charge in [-0.1, -0.05) is 24.9 Å². The first kappa shape index (κ1) is 15.8. The second kappa shape index (κ2) is 8.01. The van der Waals surface area contributed by atoms with Crippen molar-refractivity contribution in [2.24, 2.45) is 7.05 Å². The molecule has 1 aromatic rings. The van der Waals surface area contributed by atoms with E-state index >= 15 is 0 Å². The van der Waals surface area contributed by atoms with Crippen molar-refractivity contribution in [2.75, 3.05) is 19.8 Å². The minimum atomic E-state index is -0.442. The number of unbranched alkanes of at least 4 members (excludes halogenated alkanes) is 1. The van der Waals surface area contributed by atoms with Crippen molar-refractivity contribution in [3.8, 4) is 0 Å². The molecule has 0 bridgehead atoms. The van der Waals surface area contributed by atoms with E-state index in [1.165, 1.54) is 9.58 Å². The van der Waals surface area contributed by atoms with E-state index in [-0.39, 0.29) is 19.7 Å². The van der Waals surface area contributed by atoms with Gasteiger partial charge in [0.1, 0.15) is 5.15 Å². The van der Waals surface area contributed by atoms with E-state index < -0.39 is 6.09 Å². The Balaban J connectivity index is 2.61. The van der Waals surface area contributed by atoms with Gasteiger partial charge in [-0.15, -0.1) is 0 Å². The van der Waals surface area contributed by atoms with Crippen molar-refractivity contribution >= 4 is 17.7 Å². The molecule has 6 nitrogen and oxygen atoms in total. The van der Waals surface area contributed by atoms with Gasteiger partial charge < -0.3 is 14.7 Å².